The minimum atomic E-state index is -0.434. The Labute approximate surface area is 183 Å². The number of hydrogen-bond acceptors (Lipinski definition) is 8. The molecule has 1 heterocycles. The van der Waals surface area contributed by atoms with E-state index in [-0.39, 0.29) is 5.69 Å². The van der Waals surface area contributed by atoms with Crippen molar-refractivity contribution in [3.63, 3.8) is 0 Å². The van der Waals surface area contributed by atoms with Crippen LogP contribution in [0.3, 0.4) is 0 Å². The topological polar surface area (TPSA) is 108 Å². The second-order valence-electron chi connectivity index (χ2n) is 6.55. The van der Waals surface area contributed by atoms with Gasteiger partial charge in [-0.05, 0) is 74.5 Å². The van der Waals surface area contributed by atoms with E-state index in [1.807, 2.05) is 19.9 Å². The lowest BCUT2D eigenvalue weighted by Gasteiger charge is -2.05. The third kappa shape index (κ3) is 5.95. The average Bonchev–Trinajstić information content (AvgIpc) is 2.72. The highest BCUT2D eigenvalue weighted by Crippen LogP contribution is 2.33. The number of aliphatic imine (C=N–C) groups is 1. The standard InChI is InChI=1S/C22H20N4O4S/c1-4-30-21(27)17-6-8-18(9-7-17)23-13-16-5-10-20(19(12-16)26(28)29)31-22-24-14(2)11-15(3)25-22/h5-13H,4H2,1-3H3. The van der Waals surface area contributed by atoms with Gasteiger partial charge in [-0.3, -0.25) is 15.1 Å². The van der Waals surface area contributed by atoms with Crippen molar-refractivity contribution in [2.24, 2.45) is 4.99 Å². The zero-order valence-electron chi connectivity index (χ0n) is 17.2. The quantitative estimate of drug-likeness (QED) is 0.167. The monoisotopic (exact) mass is 436 g/mol. The molecule has 0 bridgehead atoms. The van der Waals surface area contributed by atoms with E-state index in [1.165, 1.54) is 12.3 Å². The number of aryl methyl sites for hydroxylation is 2. The average molecular weight is 436 g/mol. The highest BCUT2D eigenvalue weighted by Gasteiger charge is 2.17. The van der Waals surface area contributed by atoms with Gasteiger partial charge in [-0.15, -0.1) is 0 Å². The van der Waals surface area contributed by atoms with Crippen LogP contribution in [0.1, 0.15) is 34.2 Å². The molecule has 0 fully saturated rings. The summed E-state index contributed by atoms with van der Waals surface area (Å²) >= 11 is 1.15. The Bertz CT molecular complexity index is 1130. The van der Waals surface area contributed by atoms with Crippen LogP contribution in [0.25, 0.3) is 0 Å². The summed E-state index contributed by atoms with van der Waals surface area (Å²) in [5.74, 6) is -0.394. The summed E-state index contributed by atoms with van der Waals surface area (Å²) in [6, 6.07) is 13.3. The molecule has 31 heavy (non-hydrogen) atoms. The van der Waals surface area contributed by atoms with Gasteiger partial charge in [-0.25, -0.2) is 14.8 Å². The van der Waals surface area contributed by atoms with E-state index in [0.717, 1.165) is 23.1 Å². The molecule has 0 aliphatic carbocycles. The molecule has 0 N–H and O–H groups in total. The van der Waals surface area contributed by atoms with Crippen molar-refractivity contribution in [1.82, 2.24) is 9.97 Å². The first-order valence-electron chi connectivity index (χ1n) is 9.45. The SMILES string of the molecule is CCOC(=O)c1ccc(N=Cc2ccc(Sc3nc(C)cc(C)n3)c([N+](=O)[O-])c2)cc1. The second kappa shape index (κ2) is 9.94. The van der Waals surface area contributed by atoms with Crippen molar-refractivity contribution in [1.29, 1.82) is 0 Å². The van der Waals surface area contributed by atoms with E-state index in [9.17, 15) is 14.9 Å². The van der Waals surface area contributed by atoms with Crippen LogP contribution in [0.15, 0.2) is 63.6 Å². The van der Waals surface area contributed by atoms with E-state index >= 15 is 0 Å². The van der Waals surface area contributed by atoms with Gasteiger partial charge in [0.25, 0.3) is 5.69 Å². The minimum Gasteiger partial charge on any atom is -0.462 e. The fraction of sp³-hybridized carbons (Fsp3) is 0.182. The van der Waals surface area contributed by atoms with Crippen molar-refractivity contribution < 1.29 is 14.5 Å². The van der Waals surface area contributed by atoms with E-state index in [2.05, 4.69) is 15.0 Å². The fourth-order valence-corrected chi connectivity index (χ4v) is 3.68. The third-order valence-electron chi connectivity index (χ3n) is 4.08. The van der Waals surface area contributed by atoms with Crippen LogP contribution in [0.4, 0.5) is 11.4 Å². The van der Waals surface area contributed by atoms with Crippen molar-refractivity contribution in [3.05, 3.63) is 81.2 Å². The van der Waals surface area contributed by atoms with Gasteiger partial charge in [0.15, 0.2) is 5.16 Å². The molecule has 0 saturated carbocycles. The van der Waals surface area contributed by atoms with Gasteiger partial charge in [-0.1, -0.05) is 6.07 Å². The lowest BCUT2D eigenvalue weighted by atomic mass is 10.2. The summed E-state index contributed by atoms with van der Waals surface area (Å²) in [4.78, 5) is 36.3. The maximum atomic E-state index is 11.7. The molecular formula is C22H20N4O4S. The molecule has 8 nitrogen and oxygen atoms in total. The van der Waals surface area contributed by atoms with Crippen molar-refractivity contribution in [2.45, 2.75) is 30.8 Å². The molecule has 9 heteroatoms. The molecule has 0 radical (unpaired) electrons. The Balaban J connectivity index is 1.80. The molecule has 158 valence electrons. The Hall–Kier alpha value is -3.59. The summed E-state index contributed by atoms with van der Waals surface area (Å²) in [6.07, 6.45) is 1.54. The normalized spacial score (nSPS) is 10.9. The summed E-state index contributed by atoms with van der Waals surface area (Å²) < 4.78 is 4.95. The predicted octanol–water partition coefficient (Wildman–Crippen LogP) is 5.08. The molecule has 3 rings (SSSR count). The maximum Gasteiger partial charge on any atom is 0.338 e. The zero-order chi connectivity index (χ0) is 22.4. The number of carbonyl (C=O) groups is 1. The van der Waals surface area contributed by atoms with Gasteiger partial charge in [0.2, 0.25) is 0 Å². The Morgan fingerprint density at radius 3 is 2.42 bits per heavy atom. The van der Waals surface area contributed by atoms with Crippen LogP contribution in [-0.4, -0.2) is 33.7 Å². The number of ether oxygens (including phenoxy) is 1. The maximum absolute atomic E-state index is 11.7. The third-order valence-corrected chi connectivity index (χ3v) is 5.01. The molecule has 0 spiro atoms. The number of aromatic nitrogens is 2. The lowest BCUT2D eigenvalue weighted by Crippen LogP contribution is -2.03. The molecule has 0 saturated heterocycles. The summed E-state index contributed by atoms with van der Waals surface area (Å²) in [7, 11) is 0. The van der Waals surface area contributed by atoms with Crippen molar-refractivity contribution in [3.8, 4) is 0 Å². The van der Waals surface area contributed by atoms with Crippen LogP contribution in [0, 0.1) is 24.0 Å². The summed E-state index contributed by atoms with van der Waals surface area (Å²) in [5.41, 5.74) is 3.18. The van der Waals surface area contributed by atoms with E-state index in [0.29, 0.717) is 33.5 Å². The number of esters is 1. The highest BCUT2D eigenvalue weighted by atomic mass is 32.2. The van der Waals surface area contributed by atoms with Crippen LogP contribution in [-0.2, 0) is 4.74 Å². The number of nitrogens with zero attached hydrogens (tertiary/aromatic N) is 4. The highest BCUT2D eigenvalue weighted by molar-refractivity contribution is 7.99. The number of nitro groups is 1. The molecule has 0 aliphatic heterocycles. The number of hydrogen-bond donors (Lipinski definition) is 0. The van der Waals surface area contributed by atoms with Crippen LogP contribution in [0.2, 0.25) is 0 Å². The molecule has 2 aromatic carbocycles. The van der Waals surface area contributed by atoms with Gasteiger partial charge < -0.3 is 4.74 Å². The number of carbonyl (C=O) groups excluding carboxylic acids is 1. The van der Waals surface area contributed by atoms with Gasteiger partial charge >= 0.3 is 5.97 Å². The zero-order valence-corrected chi connectivity index (χ0v) is 18.0. The number of nitro benzene ring substituents is 1. The number of benzene rings is 2. The molecule has 1 aromatic heterocycles. The fourth-order valence-electron chi connectivity index (χ4n) is 2.73. The first-order valence-corrected chi connectivity index (χ1v) is 10.3. The molecule has 0 unspecified atom stereocenters. The lowest BCUT2D eigenvalue weighted by molar-refractivity contribution is -0.387. The minimum absolute atomic E-state index is 0.0469. The molecule has 3 aromatic rings. The number of rotatable bonds is 7. The molecule has 0 amide bonds. The van der Waals surface area contributed by atoms with Crippen molar-refractivity contribution >= 4 is 35.3 Å². The van der Waals surface area contributed by atoms with E-state index in [4.69, 9.17) is 4.74 Å². The Morgan fingerprint density at radius 1 is 1.13 bits per heavy atom. The molecule has 0 aliphatic rings. The van der Waals surface area contributed by atoms with Gasteiger partial charge in [0.05, 0.1) is 27.7 Å². The first kappa shape index (κ1) is 22.1. The van der Waals surface area contributed by atoms with Gasteiger partial charge in [0.1, 0.15) is 0 Å². The van der Waals surface area contributed by atoms with Gasteiger partial charge in [0, 0.05) is 23.7 Å². The van der Waals surface area contributed by atoms with Crippen LogP contribution >= 0.6 is 11.8 Å². The smallest absolute Gasteiger partial charge is 0.338 e. The van der Waals surface area contributed by atoms with Gasteiger partial charge in [-0.2, -0.15) is 0 Å². The molecule has 0 atom stereocenters. The van der Waals surface area contributed by atoms with Crippen molar-refractivity contribution in [2.75, 3.05) is 6.61 Å². The summed E-state index contributed by atoms with van der Waals surface area (Å²) in [6.45, 7) is 5.76. The first-order chi connectivity index (χ1) is 14.9. The van der Waals surface area contributed by atoms with Crippen LogP contribution < -0.4 is 0 Å². The largest absolute Gasteiger partial charge is 0.462 e. The predicted molar refractivity (Wildman–Crippen MR) is 118 cm³/mol. The van der Waals surface area contributed by atoms with E-state index < -0.39 is 10.9 Å². The molecular weight excluding hydrogens is 416 g/mol. The van der Waals surface area contributed by atoms with Crippen LogP contribution in [0.5, 0.6) is 0 Å². The Kier molecular flexibility index (Phi) is 7.09. The second-order valence-corrected chi connectivity index (χ2v) is 7.55. The Morgan fingerprint density at radius 2 is 1.81 bits per heavy atom. The summed E-state index contributed by atoms with van der Waals surface area (Å²) in [5, 5.41) is 12.1. The van der Waals surface area contributed by atoms with E-state index in [1.54, 1.807) is 43.3 Å².